The van der Waals surface area contributed by atoms with Gasteiger partial charge in [-0.15, -0.1) is 0 Å². The van der Waals surface area contributed by atoms with Crippen LogP contribution in [0.2, 0.25) is 0 Å². The van der Waals surface area contributed by atoms with Crippen molar-refractivity contribution in [3.05, 3.63) is 108 Å². The van der Waals surface area contributed by atoms with E-state index in [2.05, 4.69) is 20.0 Å². The second kappa shape index (κ2) is 10.8. The monoisotopic (exact) mass is 537 g/mol. The maximum Gasteiger partial charge on any atom is 0.264 e. The van der Waals surface area contributed by atoms with Gasteiger partial charge >= 0.3 is 0 Å². The van der Waals surface area contributed by atoms with Crippen molar-refractivity contribution in [1.82, 2.24) is 9.97 Å². The molecule has 0 radical (unpaired) electrons. The van der Waals surface area contributed by atoms with E-state index in [1.165, 1.54) is 41.0 Å². The highest BCUT2D eigenvalue weighted by Gasteiger charge is 2.18. The first-order valence-corrected chi connectivity index (χ1v) is 14.3. The highest BCUT2D eigenvalue weighted by molar-refractivity contribution is 7.92. The number of nitrogens with one attached hydrogen (secondary N) is 2. The van der Waals surface area contributed by atoms with Gasteiger partial charge in [0.15, 0.2) is 0 Å². The number of rotatable bonds is 9. The summed E-state index contributed by atoms with van der Waals surface area (Å²) in [6.07, 6.45) is 3.98. The van der Waals surface area contributed by atoms with E-state index in [1.807, 2.05) is 0 Å². The predicted molar refractivity (Wildman–Crippen MR) is 141 cm³/mol. The van der Waals surface area contributed by atoms with Crippen molar-refractivity contribution in [2.24, 2.45) is 0 Å². The minimum atomic E-state index is -3.89. The number of sulfonamides is 2. The van der Waals surface area contributed by atoms with Gasteiger partial charge in [-0.1, -0.05) is 30.3 Å². The SMILES string of the molecule is CS(=O)(=O)N(Cc1ccc(C(=O)Nc2ccc(S(=O)(=O)Nc3ncccn3)cc2)cc1)c1ccccc1. The van der Waals surface area contributed by atoms with Crippen LogP contribution in [0.4, 0.5) is 17.3 Å². The van der Waals surface area contributed by atoms with E-state index in [0.29, 0.717) is 22.5 Å². The number of amides is 1. The molecule has 190 valence electrons. The van der Waals surface area contributed by atoms with E-state index >= 15 is 0 Å². The average molecular weight is 538 g/mol. The lowest BCUT2D eigenvalue weighted by atomic mass is 10.1. The van der Waals surface area contributed by atoms with E-state index in [-0.39, 0.29) is 17.4 Å². The fourth-order valence-corrected chi connectivity index (χ4v) is 5.22. The Balaban J connectivity index is 1.42. The normalized spacial score (nSPS) is 11.5. The summed E-state index contributed by atoms with van der Waals surface area (Å²) in [5, 5.41) is 2.71. The standard InChI is InChI=1S/C25H23N5O5S2/c1-36(32,33)30(22-6-3-2-4-7-22)18-19-8-10-20(11-9-19)24(31)28-21-12-14-23(15-13-21)37(34,35)29-25-26-16-5-17-27-25/h2-17H,18H2,1H3,(H,28,31)(H,26,27,29). The number of anilines is 3. The summed E-state index contributed by atoms with van der Waals surface area (Å²) in [5.41, 5.74) is 2.00. The van der Waals surface area contributed by atoms with Crippen LogP contribution >= 0.6 is 0 Å². The molecule has 4 aromatic rings. The number of aromatic nitrogens is 2. The Morgan fingerprint density at radius 1 is 0.811 bits per heavy atom. The molecule has 0 aliphatic carbocycles. The molecule has 1 amide bonds. The van der Waals surface area contributed by atoms with Gasteiger partial charge in [0.05, 0.1) is 23.4 Å². The molecule has 0 saturated carbocycles. The van der Waals surface area contributed by atoms with Gasteiger partial charge in [-0.05, 0) is 60.2 Å². The van der Waals surface area contributed by atoms with Crippen molar-refractivity contribution >= 4 is 43.3 Å². The van der Waals surface area contributed by atoms with Crippen molar-refractivity contribution in [3.8, 4) is 0 Å². The van der Waals surface area contributed by atoms with E-state index in [0.717, 1.165) is 6.26 Å². The van der Waals surface area contributed by atoms with Crippen LogP contribution in [0.15, 0.2) is 102 Å². The van der Waals surface area contributed by atoms with E-state index in [1.54, 1.807) is 60.7 Å². The van der Waals surface area contributed by atoms with Gasteiger partial charge in [-0.2, -0.15) is 0 Å². The number of benzene rings is 3. The summed E-state index contributed by atoms with van der Waals surface area (Å²) in [7, 11) is -7.41. The Hall–Kier alpha value is -4.29. The van der Waals surface area contributed by atoms with Crippen molar-refractivity contribution in [2.45, 2.75) is 11.4 Å². The molecule has 37 heavy (non-hydrogen) atoms. The molecular formula is C25H23N5O5S2. The van der Waals surface area contributed by atoms with Gasteiger partial charge in [0.25, 0.3) is 15.9 Å². The largest absolute Gasteiger partial charge is 0.322 e. The molecule has 2 N–H and O–H groups in total. The highest BCUT2D eigenvalue weighted by Crippen LogP contribution is 2.21. The molecule has 10 nitrogen and oxygen atoms in total. The van der Waals surface area contributed by atoms with Crippen molar-refractivity contribution in [2.75, 3.05) is 20.6 Å². The number of carbonyl (C=O) groups excluding carboxylic acids is 1. The van der Waals surface area contributed by atoms with Crippen molar-refractivity contribution < 1.29 is 21.6 Å². The first-order valence-electron chi connectivity index (χ1n) is 10.9. The number of nitrogens with zero attached hydrogens (tertiary/aromatic N) is 3. The van der Waals surface area contributed by atoms with Crippen LogP contribution in [-0.2, 0) is 26.6 Å². The molecular weight excluding hydrogens is 514 g/mol. The lowest BCUT2D eigenvalue weighted by molar-refractivity contribution is 0.102. The zero-order chi connectivity index (χ0) is 26.5. The molecule has 0 saturated heterocycles. The Bertz CT molecular complexity index is 1580. The highest BCUT2D eigenvalue weighted by atomic mass is 32.2. The van der Waals surface area contributed by atoms with Gasteiger partial charge in [-0.3, -0.25) is 9.10 Å². The molecule has 0 aliphatic heterocycles. The van der Waals surface area contributed by atoms with E-state index in [4.69, 9.17) is 0 Å². The zero-order valence-corrected chi connectivity index (χ0v) is 21.3. The summed E-state index contributed by atoms with van der Waals surface area (Å²) in [5.74, 6) is -0.451. The Morgan fingerprint density at radius 3 is 2.03 bits per heavy atom. The van der Waals surface area contributed by atoms with Crippen LogP contribution in [0, 0.1) is 0 Å². The second-order valence-electron chi connectivity index (χ2n) is 7.96. The van der Waals surface area contributed by atoms with E-state index in [9.17, 15) is 21.6 Å². The lowest BCUT2D eigenvalue weighted by Crippen LogP contribution is -2.29. The van der Waals surface area contributed by atoms with Crippen LogP contribution in [-0.4, -0.2) is 39.0 Å². The maximum atomic E-state index is 12.7. The molecule has 0 unspecified atom stereocenters. The van der Waals surface area contributed by atoms with Gasteiger partial charge < -0.3 is 5.32 Å². The van der Waals surface area contributed by atoms with Gasteiger partial charge in [0.1, 0.15) is 0 Å². The minimum Gasteiger partial charge on any atom is -0.322 e. The summed E-state index contributed by atoms with van der Waals surface area (Å²) in [6.45, 7) is 0.114. The summed E-state index contributed by atoms with van der Waals surface area (Å²) in [6, 6.07) is 22.5. The summed E-state index contributed by atoms with van der Waals surface area (Å²) < 4.78 is 53.2. The lowest BCUT2D eigenvalue weighted by Gasteiger charge is -2.22. The Morgan fingerprint density at radius 2 is 1.43 bits per heavy atom. The third-order valence-corrected chi connectivity index (χ3v) is 7.69. The van der Waals surface area contributed by atoms with Crippen LogP contribution < -0.4 is 14.3 Å². The number of hydrogen-bond acceptors (Lipinski definition) is 7. The molecule has 0 fully saturated rings. The summed E-state index contributed by atoms with van der Waals surface area (Å²) in [4.78, 5) is 20.3. The van der Waals surface area contributed by atoms with Gasteiger partial charge in [0.2, 0.25) is 16.0 Å². The molecule has 0 aliphatic rings. The smallest absolute Gasteiger partial charge is 0.264 e. The quantitative estimate of drug-likeness (QED) is 0.333. The summed E-state index contributed by atoms with van der Waals surface area (Å²) >= 11 is 0. The Kier molecular flexibility index (Phi) is 7.50. The first-order chi connectivity index (χ1) is 17.6. The molecule has 1 heterocycles. The molecule has 0 bridgehead atoms. The predicted octanol–water partition coefficient (Wildman–Crippen LogP) is 3.50. The van der Waals surface area contributed by atoms with Crippen LogP contribution in [0.25, 0.3) is 0 Å². The zero-order valence-electron chi connectivity index (χ0n) is 19.6. The van der Waals surface area contributed by atoms with Crippen LogP contribution in [0.5, 0.6) is 0 Å². The number of para-hydroxylation sites is 1. The van der Waals surface area contributed by atoms with E-state index < -0.39 is 26.0 Å². The fraction of sp³-hybridized carbons (Fsp3) is 0.0800. The van der Waals surface area contributed by atoms with Crippen LogP contribution in [0.3, 0.4) is 0 Å². The Labute approximate surface area is 215 Å². The minimum absolute atomic E-state index is 0.0175. The topological polar surface area (TPSA) is 138 Å². The molecule has 4 rings (SSSR count). The van der Waals surface area contributed by atoms with Crippen molar-refractivity contribution in [1.29, 1.82) is 0 Å². The second-order valence-corrected chi connectivity index (χ2v) is 11.5. The number of hydrogen-bond donors (Lipinski definition) is 2. The van der Waals surface area contributed by atoms with Crippen LogP contribution in [0.1, 0.15) is 15.9 Å². The third-order valence-electron chi connectivity index (χ3n) is 5.20. The number of carbonyl (C=O) groups is 1. The molecule has 3 aromatic carbocycles. The maximum absolute atomic E-state index is 12.7. The van der Waals surface area contributed by atoms with Crippen molar-refractivity contribution in [3.63, 3.8) is 0 Å². The van der Waals surface area contributed by atoms with Gasteiger partial charge in [-0.25, -0.2) is 31.5 Å². The molecule has 1 aromatic heterocycles. The fourth-order valence-electron chi connectivity index (χ4n) is 3.37. The van der Waals surface area contributed by atoms with Gasteiger partial charge in [0, 0.05) is 23.6 Å². The first kappa shape index (κ1) is 25.8. The average Bonchev–Trinajstić information content (AvgIpc) is 2.88. The molecule has 0 atom stereocenters. The third kappa shape index (κ3) is 6.68. The molecule has 0 spiro atoms. The molecule has 12 heteroatoms.